The second kappa shape index (κ2) is 7.26. The van der Waals surface area contributed by atoms with Crippen LogP contribution in [0.5, 0.6) is 0 Å². The van der Waals surface area contributed by atoms with E-state index in [1.807, 2.05) is 19.1 Å². The van der Waals surface area contributed by atoms with Crippen LogP contribution in [0.4, 0.5) is 4.79 Å². The van der Waals surface area contributed by atoms with Crippen LogP contribution < -0.4 is 10.6 Å². The zero-order valence-electron chi connectivity index (χ0n) is 14.4. The van der Waals surface area contributed by atoms with E-state index >= 15 is 0 Å². The number of imide groups is 1. The summed E-state index contributed by atoms with van der Waals surface area (Å²) in [4.78, 5) is 48.9. The summed E-state index contributed by atoms with van der Waals surface area (Å²) in [6, 6.07) is 2.71. The first kappa shape index (κ1) is 17.5. The van der Waals surface area contributed by atoms with Gasteiger partial charge in [0.2, 0.25) is 5.91 Å². The predicted octanol–water partition coefficient (Wildman–Crippen LogP) is 0.576. The van der Waals surface area contributed by atoms with Crippen LogP contribution in [0.25, 0.3) is 11.4 Å². The molecule has 2 aromatic heterocycles. The van der Waals surface area contributed by atoms with Gasteiger partial charge in [0.05, 0.1) is 12.6 Å². The van der Waals surface area contributed by atoms with E-state index in [-0.39, 0.29) is 19.1 Å². The molecule has 0 bridgehead atoms. The quantitative estimate of drug-likeness (QED) is 0.759. The minimum Gasteiger partial charge on any atom is -0.348 e. The Morgan fingerprint density at radius 2 is 2.08 bits per heavy atom. The van der Waals surface area contributed by atoms with E-state index in [4.69, 9.17) is 0 Å². The molecule has 0 aromatic carbocycles. The van der Waals surface area contributed by atoms with E-state index in [9.17, 15) is 14.4 Å². The topological polar surface area (TPSA) is 117 Å². The molecule has 26 heavy (non-hydrogen) atoms. The van der Waals surface area contributed by atoms with Crippen molar-refractivity contribution in [1.82, 2.24) is 30.5 Å². The maximum absolute atomic E-state index is 12.1. The first-order valence-electron chi connectivity index (χ1n) is 8.07. The van der Waals surface area contributed by atoms with Crippen molar-refractivity contribution in [3.05, 3.63) is 42.0 Å². The molecule has 0 saturated carbocycles. The van der Waals surface area contributed by atoms with Gasteiger partial charge in [-0.1, -0.05) is 0 Å². The van der Waals surface area contributed by atoms with Crippen LogP contribution in [0.1, 0.15) is 24.2 Å². The van der Waals surface area contributed by atoms with Gasteiger partial charge in [0, 0.05) is 35.4 Å². The molecule has 1 aliphatic heterocycles. The van der Waals surface area contributed by atoms with E-state index in [1.54, 1.807) is 25.5 Å². The molecule has 2 N–H and O–H groups in total. The van der Waals surface area contributed by atoms with Crippen LogP contribution in [0, 0.1) is 6.92 Å². The Morgan fingerprint density at radius 1 is 1.35 bits per heavy atom. The standard InChI is InChI=1S/C17H18N6O3/c1-10(21-14(24)9-23-15(25)8-20-17(23)26)13-7-19-16(22-11(13)2)12-3-5-18-6-4-12/h3-7,10H,8-9H2,1-2H3,(H,20,26)(H,21,24)/t10-/m0/s1. The number of hydrogen-bond donors (Lipinski definition) is 2. The Kier molecular flexibility index (Phi) is 4.87. The molecule has 1 fully saturated rings. The molecule has 2 aromatic rings. The third kappa shape index (κ3) is 3.66. The number of carbonyl (C=O) groups is 3. The molecule has 0 spiro atoms. The molecule has 9 nitrogen and oxygen atoms in total. The van der Waals surface area contributed by atoms with Crippen molar-refractivity contribution in [2.24, 2.45) is 0 Å². The molecule has 1 atom stereocenters. The minimum absolute atomic E-state index is 0.0783. The molecule has 1 saturated heterocycles. The summed E-state index contributed by atoms with van der Waals surface area (Å²) < 4.78 is 0. The molecular weight excluding hydrogens is 336 g/mol. The van der Waals surface area contributed by atoms with Crippen LogP contribution in [-0.4, -0.2) is 50.8 Å². The lowest BCUT2D eigenvalue weighted by molar-refractivity contribution is -0.130. The van der Waals surface area contributed by atoms with Crippen molar-refractivity contribution in [3.8, 4) is 11.4 Å². The number of aryl methyl sites for hydroxylation is 1. The highest BCUT2D eigenvalue weighted by Gasteiger charge is 2.30. The third-order valence-corrected chi connectivity index (χ3v) is 4.04. The monoisotopic (exact) mass is 354 g/mol. The average molecular weight is 354 g/mol. The number of carbonyl (C=O) groups excluding carboxylic acids is 3. The second-order valence-electron chi connectivity index (χ2n) is 5.90. The summed E-state index contributed by atoms with van der Waals surface area (Å²) in [5.74, 6) is -0.272. The Balaban J connectivity index is 1.68. The molecule has 0 aliphatic carbocycles. The van der Waals surface area contributed by atoms with Gasteiger partial charge in [-0.2, -0.15) is 0 Å². The molecule has 0 radical (unpaired) electrons. The number of nitrogens with one attached hydrogen (secondary N) is 2. The van der Waals surface area contributed by atoms with Gasteiger partial charge in [0.15, 0.2) is 5.82 Å². The lowest BCUT2D eigenvalue weighted by Crippen LogP contribution is -2.41. The van der Waals surface area contributed by atoms with E-state index in [1.165, 1.54) is 0 Å². The zero-order valence-corrected chi connectivity index (χ0v) is 14.4. The highest BCUT2D eigenvalue weighted by Crippen LogP contribution is 2.19. The van der Waals surface area contributed by atoms with E-state index in [2.05, 4.69) is 25.6 Å². The Morgan fingerprint density at radius 3 is 2.69 bits per heavy atom. The SMILES string of the molecule is Cc1nc(-c2ccncc2)ncc1[C@H](C)NC(=O)CN1C(=O)CNC1=O. The van der Waals surface area contributed by atoms with Crippen LogP contribution in [-0.2, 0) is 9.59 Å². The number of rotatable bonds is 5. The van der Waals surface area contributed by atoms with Gasteiger partial charge >= 0.3 is 6.03 Å². The van der Waals surface area contributed by atoms with Crippen molar-refractivity contribution in [1.29, 1.82) is 0 Å². The van der Waals surface area contributed by atoms with Gasteiger partial charge in [0.25, 0.3) is 5.91 Å². The van der Waals surface area contributed by atoms with E-state index in [0.717, 1.165) is 21.7 Å². The predicted molar refractivity (Wildman–Crippen MR) is 91.7 cm³/mol. The van der Waals surface area contributed by atoms with Crippen LogP contribution in [0.15, 0.2) is 30.7 Å². The molecule has 4 amide bonds. The fourth-order valence-electron chi connectivity index (χ4n) is 2.67. The highest BCUT2D eigenvalue weighted by molar-refractivity contribution is 6.04. The first-order chi connectivity index (χ1) is 12.5. The van der Waals surface area contributed by atoms with Crippen molar-refractivity contribution in [2.75, 3.05) is 13.1 Å². The summed E-state index contributed by atoms with van der Waals surface area (Å²) in [7, 11) is 0. The first-order valence-corrected chi connectivity index (χ1v) is 8.07. The smallest absolute Gasteiger partial charge is 0.325 e. The number of hydrogen-bond acceptors (Lipinski definition) is 6. The Hall–Kier alpha value is -3.36. The lowest BCUT2D eigenvalue weighted by Gasteiger charge is -2.18. The largest absolute Gasteiger partial charge is 0.348 e. The zero-order chi connectivity index (χ0) is 18.7. The van der Waals surface area contributed by atoms with Gasteiger partial charge in [-0.25, -0.2) is 14.8 Å². The van der Waals surface area contributed by atoms with Crippen molar-refractivity contribution < 1.29 is 14.4 Å². The summed E-state index contributed by atoms with van der Waals surface area (Å²) in [5, 5.41) is 5.14. The van der Waals surface area contributed by atoms with Crippen molar-refractivity contribution in [3.63, 3.8) is 0 Å². The van der Waals surface area contributed by atoms with Crippen LogP contribution in [0.2, 0.25) is 0 Å². The van der Waals surface area contributed by atoms with Crippen molar-refractivity contribution in [2.45, 2.75) is 19.9 Å². The molecule has 9 heteroatoms. The van der Waals surface area contributed by atoms with Gasteiger partial charge in [-0.15, -0.1) is 0 Å². The summed E-state index contributed by atoms with van der Waals surface area (Å²) >= 11 is 0. The Labute approximate surface area is 149 Å². The van der Waals surface area contributed by atoms with Gasteiger partial charge in [-0.3, -0.25) is 19.5 Å². The van der Waals surface area contributed by atoms with Gasteiger partial charge in [0.1, 0.15) is 6.54 Å². The highest BCUT2D eigenvalue weighted by atomic mass is 16.2. The van der Waals surface area contributed by atoms with Crippen LogP contribution in [0.3, 0.4) is 0 Å². The summed E-state index contributed by atoms with van der Waals surface area (Å²) in [6.07, 6.45) is 5.00. The van der Waals surface area contributed by atoms with Crippen molar-refractivity contribution >= 4 is 17.8 Å². The van der Waals surface area contributed by atoms with Gasteiger partial charge < -0.3 is 10.6 Å². The van der Waals surface area contributed by atoms with E-state index < -0.39 is 17.8 Å². The minimum atomic E-state index is -0.556. The molecule has 3 rings (SSSR count). The number of nitrogens with zero attached hydrogens (tertiary/aromatic N) is 4. The molecular formula is C17H18N6O3. The molecule has 0 unspecified atom stereocenters. The number of amides is 4. The lowest BCUT2D eigenvalue weighted by atomic mass is 10.1. The molecule has 3 heterocycles. The summed E-state index contributed by atoms with van der Waals surface area (Å²) in [6.45, 7) is 3.23. The molecule has 134 valence electrons. The second-order valence-corrected chi connectivity index (χ2v) is 5.90. The maximum Gasteiger partial charge on any atom is 0.325 e. The number of urea groups is 1. The van der Waals surface area contributed by atoms with E-state index in [0.29, 0.717) is 5.82 Å². The number of pyridine rings is 1. The average Bonchev–Trinajstić information content (AvgIpc) is 2.94. The van der Waals surface area contributed by atoms with Crippen LogP contribution >= 0.6 is 0 Å². The summed E-state index contributed by atoms with van der Waals surface area (Å²) in [5.41, 5.74) is 2.34. The fourth-order valence-corrected chi connectivity index (χ4v) is 2.67. The fraction of sp³-hybridized carbons (Fsp3) is 0.294. The Bertz CT molecular complexity index is 839. The normalized spacial score (nSPS) is 14.9. The van der Waals surface area contributed by atoms with Gasteiger partial charge in [-0.05, 0) is 26.0 Å². The number of aromatic nitrogens is 3. The third-order valence-electron chi connectivity index (χ3n) is 4.04. The maximum atomic E-state index is 12.1. The molecule has 1 aliphatic rings.